The number of ether oxygens (including phenoxy) is 1. The summed E-state index contributed by atoms with van der Waals surface area (Å²) in [5.74, 6) is -1.27. The normalized spacial score (nSPS) is 20.6. The topological polar surface area (TPSA) is 104 Å². The van der Waals surface area contributed by atoms with Crippen molar-refractivity contribution in [1.29, 1.82) is 0 Å². The summed E-state index contributed by atoms with van der Waals surface area (Å²) >= 11 is 0. The molecule has 7 nitrogen and oxygen atoms in total. The number of hydrogen-bond donors (Lipinski definition) is 2. The molecule has 0 radical (unpaired) electrons. The molecule has 2 atom stereocenters. The molecule has 1 saturated heterocycles. The van der Waals surface area contributed by atoms with Crippen molar-refractivity contribution in [2.45, 2.75) is 36.5 Å². The van der Waals surface area contributed by atoms with Crippen molar-refractivity contribution >= 4 is 16.0 Å². The van der Waals surface area contributed by atoms with Crippen molar-refractivity contribution in [2.75, 3.05) is 6.54 Å². The third kappa shape index (κ3) is 4.49. The number of halogens is 1. The Morgan fingerprint density at radius 1 is 1.21 bits per heavy atom. The minimum atomic E-state index is -4.03. The van der Waals surface area contributed by atoms with Gasteiger partial charge in [0, 0.05) is 13.0 Å². The van der Waals surface area contributed by atoms with E-state index in [9.17, 15) is 27.8 Å². The average molecular weight is 409 g/mol. The molecule has 0 amide bonds. The first-order chi connectivity index (χ1) is 13.3. The van der Waals surface area contributed by atoms with Gasteiger partial charge in [-0.1, -0.05) is 12.1 Å². The standard InChI is InChI=1S/C19H20FNO6S/c20-14-3-1-2-13(10-14)12-27-16-4-6-17(7-5-16)28(25,26)21-9-8-15(22)11-18(21)19(23)24/h1-7,10,15,18,22H,8-9,11-12H2,(H,23,24). The minimum absolute atomic E-state index is 0.0618. The van der Waals surface area contributed by atoms with Gasteiger partial charge in [0.1, 0.15) is 24.2 Å². The van der Waals surface area contributed by atoms with Crippen LogP contribution in [0.5, 0.6) is 5.75 Å². The van der Waals surface area contributed by atoms with E-state index in [4.69, 9.17) is 4.74 Å². The number of aliphatic hydroxyl groups excluding tert-OH is 1. The third-order valence-electron chi connectivity index (χ3n) is 4.54. The smallest absolute Gasteiger partial charge is 0.322 e. The monoisotopic (exact) mass is 409 g/mol. The first kappa shape index (κ1) is 20.2. The highest BCUT2D eigenvalue weighted by atomic mass is 32.2. The fourth-order valence-electron chi connectivity index (χ4n) is 3.07. The molecule has 1 fully saturated rings. The molecule has 1 aliphatic rings. The van der Waals surface area contributed by atoms with Gasteiger partial charge < -0.3 is 14.9 Å². The molecule has 0 spiro atoms. The largest absolute Gasteiger partial charge is 0.489 e. The lowest BCUT2D eigenvalue weighted by Crippen LogP contribution is -2.51. The van der Waals surface area contributed by atoms with Gasteiger partial charge in [-0.2, -0.15) is 4.31 Å². The van der Waals surface area contributed by atoms with E-state index in [0.29, 0.717) is 11.3 Å². The van der Waals surface area contributed by atoms with Gasteiger partial charge in [-0.15, -0.1) is 0 Å². The number of piperidine rings is 1. The lowest BCUT2D eigenvalue weighted by Gasteiger charge is -2.34. The van der Waals surface area contributed by atoms with E-state index in [1.54, 1.807) is 12.1 Å². The predicted octanol–water partition coefficient (Wildman–Crippen LogP) is 2.00. The Balaban J connectivity index is 1.73. The summed E-state index contributed by atoms with van der Waals surface area (Å²) < 4.78 is 45.3. The van der Waals surface area contributed by atoms with Gasteiger partial charge in [-0.25, -0.2) is 12.8 Å². The average Bonchev–Trinajstić information content (AvgIpc) is 2.66. The van der Waals surface area contributed by atoms with E-state index in [2.05, 4.69) is 0 Å². The van der Waals surface area contributed by atoms with Gasteiger partial charge >= 0.3 is 5.97 Å². The van der Waals surface area contributed by atoms with Crippen LogP contribution in [0.3, 0.4) is 0 Å². The second kappa shape index (κ2) is 8.26. The lowest BCUT2D eigenvalue weighted by atomic mass is 10.0. The van der Waals surface area contributed by atoms with Gasteiger partial charge in [0.2, 0.25) is 10.0 Å². The van der Waals surface area contributed by atoms with Crippen LogP contribution in [-0.4, -0.2) is 47.6 Å². The number of carbonyl (C=O) groups is 1. The highest BCUT2D eigenvalue weighted by molar-refractivity contribution is 7.89. The van der Waals surface area contributed by atoms with Crippen LogP contribution in [0.25, 0.3) is 0 Å². The van der Waals surface area contributed by atoms with Gasteiger partial charge in [0.15, 0.2) is 0 Å². The summed E-state index contributed by atoms with van der Waals surface area (Å²) in [7, 11) is -4.03. The molecule has 150 valence electrons. The molecule has 2 N–H and O–H groups in total. The predicted molar refractivity (Wildman–Crippen MR) is 97.7 cm³/mol. The summed E-state index contributed by atoms with van der Waals surface area (Å²) in [6, 6.07) is 10.2. The van der Waals surface area contributed by atoms with Crippen LogP contribution in [0.2, 0.25) is 0 Å². The fourth-order valence-corrected chi connectivity index (χ4v) is 4.68. The van der Waals surface area contributed by atoms with Crippen LogP contribution in [-0.2, 0) is 21.4 Å². The van der Waals surface area contributed by atoms with Crippen molar-refractivity contribution < 1.29 is 32.6 Å². The molecule has 0 aliphatic carbocycles. The molecule has 0 aromatic heterocycles. The second-order valence-corrected chi connectivity index (χ2v) is 8.43. The Morgan fingerprint density at radius 2 is 1.93 bits per heavy atom. The van der Waals surface area contributed by atoms with E-state index >= 15 is 0 Å². The Hall–Kier alpha value is -2.49. The number of rotatable bonds is 6. The van der Waals surface area contributed by atoms with E-state index in [1.165, 1.54) is 36.4 Å². The number of sulfonamides is 1. The van der Waals surface area contributed by atoms with E-state index in [-0.39, 0.29) is 36.7 Å². The molecule has 2 aromatic rings. The summed E-state index contributed by atoms with van der Waals surface area (Å²) in [6.07, 6.45) is -0.813. The molecule has 1 heterocycles. The maximum atomic E-state index is 13.2. The van der Waals surface area contributed by atoms with E-state index < -0.39 is 28.1 Å². The van der Waals surface area contributed by atoms with Crippen LogP contribution in [0.15, 0.2) is 53.4 Å². The fraction of sp³-hybridized carbons (Fsp3) is 0.316. The summed E-state index contributed by atoms with van der Waals surface area (Å²) in [5.41, 5.74) is 0.632. The Morgan fingerprint density at radius 3 is 2.57 bits per heavy atom. The minimum Gasteiger partial charge on any atom is -0.489 e. The Bertz CT molecular complexity index is 947. The number of carboxylic acids is 1. The van der Waals surface area contributed by atoms with Gasteiger partial charge in [0.05, 0.1) is 11.0 Å². The highest BCUT2D eigenvalue weighted by Crippen LogP contribution is 2.27. The SMILES string of the molecule is O=C(O)C1CC(O)CCN1S(=O)(=O)c1ccc(OCc2cccc(F)c2)cc1. The number of hydrogen-bond acceptors (Lipinski definition) is 5. The molecular weight excluding hydrogens is 389 g/mol. The van der Waals surface area contributed by atoms with Crippen LogP contribution < -0.4 is 4.74 Å². The van der Waals surface area contributed by atoms with Crippen LogP contribution in [0, 0.1) is 5.82 Å². The number of aliphatic hydroxyl groups is 1. The van der Waals surface area contributed by atoms with Gasteiger partial charge in [-0.3, -0.25) is 4.79 Å². The van der Waals surface area contributed by atoms with Crippen LogP contribution in [0.4, 0.5) is 4.39 Å². The van der Waals surface area contributed by atoms with Gasteiger partial charge in [-0.05, 0) is 48.4 Å². The molecule has 1 aliphatic heterocycles. The zero-order valence-electron chi connectivity index (χ0n) is 14.9. The number of aliphatic carboxylic acids is 1. The third-order valence-corrected chi connectivity index (χ3v) is 6.46. The maximum absolute atomic E-state index is 13.2. The summed E-state index contributed by atoms with van der Waals surface area (Å²) in [6.45, 7) is 0.0489. The molecule has 9 heteroatoms. The quantitative estimate of drug-likeness (QED) is 0.756. The van der Waals surface area contributed by atoms with Crippen LogP contribution in [0.1, 0.15) is 18.4 Å². The van der Waals surface area contributed by atoms with E-state index in [1.807, 2.05) is 0 Å². The number of benzene rings is 2. The van der Waals surface area contributed by atoms with Crippen LogP contribution >= 0.6 is 0 Å². The molecule has 2 unspecified atom stereocenters. The first-order valence-corrected chi connectivity index (χ1v) is 10.1. The Labute approximate surface area is 162 Å². The molecule has 3 rings (SSSR count). The summed E-state index contributed by atoms with van der Waals surface area (Å²) in [4.78, 5) is 11.4. The molecule has 0 saturated carbocycles. The molecule has 0 bridgehead atoms. The van der Waals surface area contributed by atoms with E-state index in [0.717, 1.165) is 4.31 Å². The zero-order chi connectivity index (χ0) is 20.3. The highest BCUT2D eigenvalue weighted by Gasteiger charge is 2.40. The Kier molecular flexibility index (Phi) is 5.97. The zero-order valence-corrected chi connectivity index (χ0v) is 15.7. The first-order valence-electron chi connectivity index (χ1n) is 8.67. The molecule has 28 heavy (non-hydrogen) atoms. The second-order valence-electron chi connectivity index (χ2n) is 6.54. The molecule has 2 aromatic carbocycles. The molecular formula is C19H20FNO6S. The van der Waals surface area contributed by atoms with Crippen molar-refractivity contribution in [1.82, 2.24) is 4.31 Å². The maximum Gasteiger partial charge on any atom is 0.322 e. The number of carboxylic acid groups (broad SMARTS) is 1. The van der Waals surface area contributed by atoms with Crippen molar-refractivity contribution in [2.24, 2.45) is 0 Å². The van der Waals surface area contributed by atoms with Crippen molar-refractivity contribution in [3.05, 3.63) is 59.9 Å². The lowest BCUT2D eigenvalue weighted by molar-refractivity contribution is -0.143. The summed E-state index contributed by atoms with van der Waals surface area (Å²) in [5, 5.41) is 19.0. The van der Waals surface area contributed by atoms with Crippen molar-refractivity contribution in [3.63, 3.8) is 0 Å². The van der Waals surface area contributed by atoms with Gasteiger partial charge in [0.25, 0.3) is 0 Å². The number of nitrogens with zero attached hydrogens (tertiary/aromatic N) is 1. The van der Waals surface area contributed by atoms with Crippen molar-refractivity contribution in [3.8, 4) is 5.75 Å².